The fraction of sp³-hybridized carbons (Fsp3) is 0.789. The molecule has 1 aliphatic rings. The van der Waals surface area contributed by atoms with Crippen LogP contribution in [0.1, 0.15) is 85.0 Å². The average Bonchev–Trinajstić information content (AvgIpc) is 3.25. The monoisotopic (exact) mass is 312 g/mol. The highest BCUT2D eigenvalue weighted by Crippen LogP contribution is 2.31. The van der Waals surface area contributed by atoms with Gasteiger partial charge in [0.25, 0.3) is 0 Å². The first-order chi connectivity index (χ1) is 10.7. The lowest BCUT2D eigenvalue weighted by molar-refractivity contribution is 0.197. The van der Waals surface area contributed by atoms with Gasteiger partial charge in [0.1, 0.15) is 0 Å². The molecule has 0 aliphatic carbocycles. The fourth-order valence-electron chi connectivity index (χ4n) is 2.48. The van der Waals surface area contributed by atoms with Crippen molar-refractivity contribution in [3.8, 4) is 0 Å². The van der Waals surface area contributed by atoms with Crippen LogP contribution in [0.25, 0.3) is 0 Å². The smallest absolute Gasteiger partial charge is 0.173 e. The van der Waals surface area contributed by atoms with Gasteiger partial charge in [0.05, 0.1) is 12.4 Å². The third kappa shape index (κ3) is 8.45. The first-order valence-electron chi connectivity index (χ1n) is 9.08. The second kappa shape index (κ2) is 11.6. The molecule has 0 radical (unpaired) electrons. The van der Waals surface area contributed by atoms with Gasteiger partial charge in [0, 0.05) is 12.5 Å². The first-order valence-corrected chi connectivity index (χ1v) is 9.08. The molecule has 0 spiro atoms. The van der Waals surface area contributed by atoms with Gasteiger partial charge in [-0.05, 0) is 13.3 Å². The van der Waals surface area contributed by atoms with E-state index >= 15 is 0 Å². The minimum Gasteiger partial charge on any atom is -0.498 e. The van der Waals surface area contributed by atoms with E-state index < -0.39 is 0 Å². The number of allylic oxidation sites excluding steroid dienone is 3. The third-order valence-corrected chi connectivity index (χ3v) is 4.02. The summed E-state index contributed by atoms with van der Waals surface area (Å²) in [6.45, 7) is 6.77. The first kappa shape index (κ1) is 19.1. The number of rotatable bonds is 13. The van der Waals surface area contributed by atoms with Gasteiger partial charge in [-0.2, -0.15) is 0 Å². The van der Waals surface area contributed by atoms with Gasteiger partial charge in [0.2, 0.25) is 0 Å². The zero-order valence-corrected chi connectivity index (χ0v) is 14.6. The summed E-state index contributed by atoms with van der Waals surface area (Å²) in [5.41, 5.74) is 0. The zero-order valence-electron chi connectivity index (χ0n) is 14.6. The van der Waals surface area contributed by atoms with Crippen molar-refractivity contribution in [2.24, 2.45) is 0 Å². The average molecular weight is 312 g/mol. The molecule has 3 heteroatoms. The minimum atomic E-state index is -0.281. The highest BCUT2D eigenvalue weighted by atomic mass is 19.1. The summed E-state index contributed by atoms with van der Waals surface area (Å²) in [4.78, 5) is 0. The van der Waals surface area contributed by atoms with Crippen LogP contribution >= 0.6 is 0 Å². The standard InChI is InChI=1S/C19H33FO2/c1-4-6-7-8-9-10-11-12-13-14-21-17(5-2)15-18(20)19-16(3)22-19/h15-16H,4-14H2,1-3H3/b17-15+,19-18-. The molecule has 1 aliphatic heterocycles. The molecule has 0 aromatic rings. The van der Waals surface area contributed by atoms with Crippen LogP contribution in [-0.2, 0) is 9.47 Å². The second-order valence-corrected chi connectivity index (χ2v) is 6.11. The molecular weight excluding hydrogens is 279 g/mol. The molecule has 128 valence electrons. The summed E-state index contributed by atoms with van der Waals surface area (Å²) >= 11 is 0. The van der Waals surface area contributed by atoms with Crippen molar-refractivity contribution in [1.29, 1.82) is 0 Å². The molecule has 0 amide bonds. The fourth-order valence-corrected chi connectivity index (χ4v) is 2.48. The van der Waals surface area contributed by atoms with Crippen LogP contribution < -0.4 is 0 Å². The van der Waals surface area contributed by atoms with Crippen molar-refractivity contribution in [2.75, 3.05) is 6.61 Å². The molecule has 0 aromatic carbocycles. The van der Waals surface area contributed by atoms with Gasteiger partial charge in [-0.1, -0.05) is 65.2 Å². The molecule has 2 nitrogen and oxygen atoms in total. The summed E-state index contributed by atoms with van der Waals surface area (Å²) in [5.74, 6) is 0.890. The predicted octanol–water partition coefficient (Wildman–Crippen LogP) is 6.43. The van der Waals surface area contributed by atoms with Crippen molar-refractivity contribution < 1.29 is 13.9 Å². The highest BCUT2D eigenvalue weighted by Gasteiger charge is 2.31. The SMILES string of the molecule is CCCCCCCCCCCO/C(=C/C(F)=C1/OC1C)CC. The predicted molar refractivity (Wildman–Crippen MR) is 90.2 cm³/mol. The maximum atomic E-state index is 13.7. The largest absolute Gasteiger partial charge is 0.498 e. The number of hydrogen-bond donors (Lipinski definition) is 0. The normalized spacial score (nSPS) is 19.8. The van der Waals surface area contributed by atoms with E-state index in [9.17, 15) is 4.39 Å². The van der Waals surface area contributed by atoms with Crippen LogP contribution in [0.2, 0.25) is 0 Å². The molecule has 1 saturated heterocycles. The number of ether oxygens (including phenoxy) is 2. The minimum absolute atomic E-state index is 0.0633. The summed E-state index contributed by atoms with van der Waals surface area (Å²) in [6, 6.07) is 0. The zero-order chi connectivity index (χ0) is 16.2. The van der Waals surface area contributed by atoms with Crippen LogP contribution in [0, 0.1) is 0 Å². The third-order valence-electron chi connectivity index (χ3n) is 4.02. The van der Waals surface area contributed by atoms with Gasteiger partial charge >= 0.3 is 0 Å². The van der Waals surface area contributed by atoms with E-state index in [2.05, 4.69) is 6.92 Å². The van der Waals surface area contributed by atoms with E-state index in [0.29, 0.717) is 24.5 Å². The number of unbranched alkanes of at least 4 members (excludes halogenated alkanes) is 8. The number of epoxide rings is 1. The van der Waals surface area contributed by atoms with Gasteiger partial charge in [-0.15, -0.1) is 0 Å². The van der Waals surface area contributed by atoms with E-state index in [-0.39, 0.29) is 11.9 Å². The maximum absolute atomic E-state index is 13.7. The molecule has 1 atom stereocenters. The lowest BCUT2D eigenvalue weighted by Gasteiger charge is -2.08. The summed E-state index contributed by atoms with van der Waals surface area (Å²) in [7, 11) is 0. The van der Waals surface area contributed by atoms with Crippen molar-refractivity contribution in [3.63, 3.8) is 0 Å². The maximum Gasteiger partial charge on any atom is 0.173 e. The summed E-state index contributed by atoms with van der Waals surface area (Å²) in [5, 5.41) is 0. The molecule has 0 N–H and O–H groups in total. The Labute approximate surface area is 135 Å². The molecule has 1 heterocycles. The van der Waals surface area contributed by atoms with E-state index in [0.717, 1.165) is 6.42 Å². The Morgan fingerprint density at radius 2 is 1.59 bits per heavy atom. The Morgan fingerprint density at radius 3 is 2.09 bits per heavy atom. The van der Waals surface area contributed by atoms with Crippen molar-refractivity contribution in [1.82, 2.24) is 0 Å². The van der Waals surface area contributed by atoms with Crippen LogP contribution in [0.4, 0.5) is 4.39 Å². The van der Waals surface area contributed by atoms with E-state index in [1.54, 1.807) is 0 Å². The lowest BCUT2D eigenvalue weighted by Crippen LogP contribution is -1.95. The van der Waals surface area contributed by atoms with Crippen LogP contribution in [0.3, 0.4) is 0 Å². The van der Waals surface area contributed by atoms with Gasteiger partial charge < -0.3 is 9.47 Å². The summed E-state index contributed by atoms with van der Waals surface area (Å²) < 4.78 is 24.4. The second-order valence-electron chi connectivity index (χ2n) is 6.11. The molecule has 1 unspecified atom stereocenters. The van der Waals surface area contributed by atoms with Gasteiger partial charge in [0.15, 0.2) is 17.7 Å². The Morgan fingerprint density at radius 1 is 1.05 bits per heavy atom. The van der Waals surface area contributed by atoms with Gasteiger partial charge in [-0.3, -0.25) is 0 Å². The van der Waals surface area contributed by atoms with E-state index in [4.69, 9.17) is 9.47 Å². The molecule has 1 rings (SSSR count). The van der Waals surface area contributed by atoms with Crippen molar-refractivity contribution in [3.05, 3.63) is 23.4 Å². The Bertz CT molecular complexity index is 360. The molecule has 0 aromatic heterocycles. The van der Waals surface area contributed by atoms with Crippen LogP contribution in [0.5, 0.6) is 0 Å². The molecule has 0 bridgehead atoms. The van der Waals surface area contributed by atoms with Gasteiger partial charge in [-0.25, -0.2) is 4.39 Å². The van der Waals surface area contributed by atoms with E-state index in [1.807, 2.05) is 13.8 Å². The van der Waals surface area contributed by atoms with E-state index in [1.165, 1.54) is 57.4 Å². The number of hydrogen-bond acceptors (Lipinski definition) is 2. The highest BCUT2D eigenvalue weighted by molar-refractivity contribution is 5.26. The molecular formula is C19H33FO2. The molecule has 1 fully saturated rings. The Balaban J connectivity index is 2.02. The number of halogens is 1. The molecule has 22 heavy (non-hydrogen) atoms. The lowest BCUT2D eigenvalue weighted by atomic mass is 10.1. The topological polar surface area (TPSA) is 21.8 Å². The Hall–Kier alpha value is -0.990. The Kier molecular flexibility index (Phi) is 10.0. The summed E-state index contributed by atoms with van der Waals surface area (Å²) in [6.07, 6.45) is 13.8. The van der Waals surface area contributed by atoms with Crippen molar-refractivity contribution in [2.45, 2.75) is 91.1 Å². The molecule has 0 saturated carbocycles. The van der Waals surface area contributed by atoms with Crippen LogP contribution in [-0.4, -0.2) is 12.7 Å². The quantitative estimate of drug-likeness (QED) is 0.222. The van der Waals surface area contributed by atoms with Crippen molar-refractivity contribution >= 4 is 0 Å². The van der Waals surface area contributed by atoms with Crippen LogP contribution in [0.15, 0.2) is 23.4 Å².